The number of nitrogens with one attached hydrogen (secondary N) is 1. The van der Waals surface area contributed by atoms with Gasteiger partial charge in [-0.3, -0.25) is 14.7 Å². The van der Waals surface area contributed by atoms with E-state index in [4.69, 9.17) is 16.6 Å². The number of aryl methyl sites for hydroxylation is 2. The molecule has 0 bridgehead atoms. The molecule has 1 aromatic heterocycles. The molecule has 1 amide bonds. The molecule has 184 valence electrons. The molecular weight excluding hydrogens is 580 g/mol. The van der Waals surface area contributed by atoms with E-state index in [0.717, 1.165) is 78.1 Å². The first-order valence-electron chi connectivity index (χ1n) is 12.2. The van der Waals surface area contributed by atoms with Gasteiger partial charge in [0.25, 0.3) is 0 Å². The van der Waals surface area contributed by atoms with E-state index in [1.165, 1.54) is 16.7 Å². The van der Waals surface area contributed by atoms with Gasteiger partial charge in [0.05, 0.1) is 11.7 Å². The van der Waals surface area contributed by atoms with E-state index in [2.05, 4.69) is 66.0 Å². The van der Waals surface area contributed by atoms with Crippen LogP contribution < -0.4 is 5.32 Å². The molecule has 8 heteroatoms. The molecular formula is C26H33Br2ClN4O. The number of aromatic nitrogens is 1. The third kappa shape index (κ3) is 5.86. The van der Waals surface area contributed by atoms with Crippen LogP contribution >= 0.6 is 43.5 Å². The summed E-state index contributed by atoms with van der Waals surface area (Å²) in [5.41, 5.74) is 4.92. The van der Waals surface area contributed by atoms with Gasteiger partial charge in [0, 0.05) is 52.8 Å². The lowest BCUT2D eigenvalue weighted by molar-refractivity contribution is -0.134. The quantitative estimate of drug-likeness (QED) is 0.441. The maximum Gasteiger partial charge on any atom is 0.222 e. The van der Waals surface area contributed by atoms with E-state index in [0.29, 0.717) is 18.2 Å². The number of carbonyl (C=O) groups excluding carboxylic acids is 1. The number of hydrogen-bond acceptors (Lipinski definition) is 4. The van der Waals surface area contributed by atoms with Crippen LogP contribution in [0.2, 0.25) is 5.02 Å². The zero-order valence-corrected chi connectivity index (χ0v) is 23.8. The smallest absolute Gasteiger partial charge is 0.222 e. The number of pyridine rings is 1. The molecule has 1 aliphatic carbocycles. The molecule has 0 radical (unpaired) electrons. The summed E-state index contributed by atoms with van der Waals surface area (Å²) in [6.45, 7) is 6.31. The van der Waals surface area contributed by atoms with Crippen LogP contribution in [0, 0.1) is 5.92 Å². The summed E-state index contributed by atoms with van der Waals surface area (Å²) in [4.78, 5) is 22.5. The van der Waals surface area contributed by atoms with Crippen LogP contribution in [0.5, 0.6) is 0 Å². The molecule has 2 heterocycles. The van der Waals surface area contributed by atoms with E-state index in [1.54, 1.807) is 0 Å². The van der Waals surface area contributed by atoms with Crippen LogP contribution in [0.15, 0.2) is 33.3 Å². The molecule has 1 saturated heterocycles. The van der Waals surface area contributed by atoms with Crippen molar-refractivity contribution in [3.63, 3.8) is 0 Å². The third-order valence-electron chi connectivity index (χ3n) is 7.22. The van der Waals surface area contributed by atoms with Crippen molar-refractivity contribution in [3.05, 3.63) is 60.7 Å². The summed E-state index contributed by atoms with van der Waals surface area (Å²) < 4.78 is 2.04. The summed E-state index contributed by atoms with van der Waals surface area (Å²) in [7, 11) is 1.97. The minimum absolute atomic E-state index is 0.0449. The minimum Gasteiger partial charge on any atom is -0.340 e. The van der Waals surface area contributed by atoms with Crippen LogP contribution in [-0.4, -0.2) is 60.5 Å². The van der Waals surface area contributed by atoms with Crippen LogP contribution in [0.3, 0.4) is 0 Å². The molecule has 1 aliphatic heterocycles. The monoisotopic (exact) mass is 610 g/mol. The number of fused-ring (bicyclic) bond motifs is 2. The van der Waals surface area contributed by atoms with E-state index >= 15 is 0 Å². The molecule has 5 nitrogen and oxygen atoms in total. The topological polar surface area (TPSA) is 48.5 Å². The van der Waals surface area contributed by atoms with Crippen LogP contribution in [0.25, 0.3) is 0 Å². The first-order valence-corrected chi connectivity index (χ1v) is 14.2. The zero-order chi connectivity index (χ0) is 24.2. The van der Waals surface area contributed by atoms with Gasteiger partial charge in [-0.05, 0) is 89.6 Å². The number of hydrogen-bond donors (Lipinski definition) is 1. The molecule has 1 fully saturated rings. The Morgan fingerprint density at radius 1 is 1.18 bits per heavy atom. The average Bonchev–Trinajstić information content (AvgIpc) is 2.98. The Bertz CT molecular complexity index is 1030. The van der Waals surface area contributed by atoms with E-state index in [-0.39, 0.29) is 6.04 Å². The van der Waals surface area contributed by atoms with Gasteiger partial charge in [-0.1, -0.05) is 40.9 Å². The van der Waals surface area contributed by atoms with Gasteiger partial charge in [0.15, 0.2) is 0 Å². The highest BCUT2D eigenvalue weighted by molar-refractivity contribution is 9.10. The number of rotatable bonds is 7. The molecule has 2 aromatic rings. The van der Waals surface area contributed by atoms with Crippen molar-refractivity contribution < 1.29 is 4.79 Å². The van der Waals surface area contributed by atoms with Crippen molar-refractivity contribution in [2.75, 3.05) is 39.8 Å². The maximum absolute atomic E-state index is 13.0. The molecule has 2 unspecified atom stereocenters. The van der Waals surface area contributed by atoms with Gasteiger partial charge in [-0.15, -0.1) is 0 Å². The largest absolute Gasteiger partial charge is 0.340 e. The maximum atomic E-state index is 13.0. The fourth-order valence-corrected chi connectivity index (χ4v) is 6.72. The second kappa shape index (κ2) is 11.8. The lowest BCUT2D eigenvalue weighted by Gasteiger charge is -2.40. The van der Waals surface area contributed by atoms with Crippen LogP contribution in [0.1, 0.15) is 54.6 Å². The van der Waals surface area contributed by atoms with E-state index in [1.807, 2.05) is 19.3 Å². The Morgan fingerprint density at radius 3 is 2.62 bits per heavy atom. The summed E-state index contributed by atoms with van der Waals surface area (Å²) in [6.07, 6.45) is 6.50. The molecule has 4 rings (SSSR count). The molecule has 1 aromatic carbocycles. The number of amides is 1. The molecule has 34 heavy (non-hydrogen) atoms. The number of nitrogens with zero attached hydrogens (tertiary/aromatic N) is 3. The first-order chi connectivity index (χ1) is 16.4. The van der Waals surface area contributed by atoms with Crippen molar-refractivity contribution in [1.82, 2.24) is 20.1 Å². The van der Waals surface area contributed by atoms with Crippen LogP contribution in [0.4, 0.5) is 0 Å². The SMILES string of the molecule is CCC(CCNC)CC(=O)N1CCN(C2c3ncc(Br)cc3CCc3cc(Cl)cc(Br)c32)CC1. The highest BCUT2D eigenvalue weighted by Crippen LogP contribution is 2.41. The summed E-state index contributed by atoms with van der Waals surface area (Å²) in [5, 5.41) is 3.96. The fraction of sp³-hybridized carbons (Fsp3) is 0.538. The molecule has 1 N–H and O–H groups in total. The Balaban J connectivity index is 1.55. The van der Waals surface area contributed by atoms with Gasteiger partial charge in [0.1, 0.15) is 0 Å². The summed E-state index contributed by atoms with van der Waals surface area (Å²) >= 11 is 13.8. The van der Waals surface area contributed by atoms with E-state index in [9.17, 15) is 4.79 Å². The van der Waals surface area contributed by atoms with Crippen molar-refractivity contribution in [1.29, 1.82) is 0 Å². The Kier molecular flexibility index (Phi) is 9.08. The van der Waals surface area contributed by atoms with Crippen molar-refractivity contribution in [2.24, 2.45) is 5.92 Å². The second-order valence-corrected chi connectivity index (χ2v) is 11.6. The first kappa shape index (κ1) is 26.1. The predicted molar refractivity (Wildman–Crippen MR) is 145 cm³/mol. The van der Waals surface area contributed by atoms with Crippen LogP contribution in [-0.2, 0) is 17.6 Å². The van der Waals surface area contributed by atoms with Gasteiger partial charge in [-0.25, -0.2) is 0 Å². The molecule has 2 aliphatic rings. The van der Waals surface area contributed by atoms with Gasteiger partial charge >= 0.3 is 0 Å². The van der Waals surface area contributed by atoms with Crippen molar-refractivity contribution >= 4 is 49.4 Å². The highest BCUT2D eigenvalue weighted by atomic mass is 79.9. The highest BCUT2D eigenvalue weighted by Gasteiger charge is 2.34. The zero-order valence-electron chi connectivity index (χ0n) is 19.9. The van der Waals surface area contributed by atoms with Gasteiger partial charge < -0.3 is 10.2 Å². The standard InChI is InChI=1S/C26H33Br2ClN4O/c1-3-17(6-7-30-2)12-23(34)32-8-10-33(11-9-32)26-24-18(14-21(29)15-22(24)28)4-5-19-13-20(27)16-31-25(19)26/h13-17,26,30H,3-12H2,1-2H3. The number of halogens is 3. The molecule has 0 spiro atoms. The third-order valence-corrected chi connectivity index (χ3v) is 8.53. The Morgan fingerprint density at radius 2 is 1.91 bits per heavy atom. The molecule has 2 atom stereocenters. The van der Waals surface area contributed by atoms with Gasteiger partial charge in [-0.2, -0.15) is 0 Å². The van der Waals surface area contributed by atoms with E-state index < -0.39 is 0 Å². The Hall–Kier alpha value is -0.990. The van der Waals surface area contributed by atoms with Gasteiger partial charge in [0.2, 0.25) is 5.91 Å². The summed E-state index contributed by atoms with van der Waals surface area (Å²) in [5.74, 6) is 0.737. The van der Waals surface area contributed by atoms with Crippen molar-refractivity contribution in [3.8, 4) is 0 Å². The second-order valence-electron chi connectivity index (χ2n) is 9.35. The molecule has 0 saturated carbocycles. The minimum atomic E-state index is 0.0449. The predicted octanol–water partition coefficient (Wildman–Crippen LogP) is 5.62. The summed E-state index contributed by atoms with van der Waals surface area (Å²) in [6, 6.07) is 6.34. The fourth-order valence-electron chi connectivity index (χ4n) is 5.26. The van der Waals surface area contributed by atoms with Crippen molar-refractivity contribution in [2.45, 2.75) is 45.1 Å². The lowest BCUT2D eigenvalue weighted by Crippen LogP contribution is -2.50. The normalized spacial score (nSPS) is 19.3. The average molecular weight is 613 g/mol. The lowest BCUT2D eigenvalue weighted by atomic mass is 9.95. The number of piperazine rings is 1. The number of benzene rings is 1. The Labute approximate surface area is 224 Å². The number of carbonyl (C=O) groups is 1.